The second-order valence-electron chi connectivity index (χ2n) is 5.05. The normalized spacial score (nSPS) is 20.2. The lowest BCUT2D eigenvalue weighted by Crippen LogP contribution is -2.28. The van der Waals surface area contributed by atoms with Gasteiger partial charge in [0.1, 0.15) is 5.25 Å². The van der Waals surface area contributed by atoms with E-state index in [2.05, 4.69) is 0 Å². The van der Waals surface area contributed by atoms with Crippen molar-refractivity contribution in [3.63, 3.8) is 0 Å². The van der Waals surface area contributed by atoms with Gasteiger partial charge in [-0.25, -0.2) is 0 Å². The maximum atomic E-state index is 12.8. The Labute approximate surface area is 114 Å². The summed E-state index contributed by atoms with van der Waals surface area (Å²) in [5.74, 6) is -0.255. The van der Waals surface area contributed by atoms with Crippen molar-refractivity contribution in [2.24, 2.45) is 5.73 Å². The summed E-state index contributed by atoms with van der Waals surface area (Å²) in [6.45, 7) is 1.26. The quantitative estimate of drug-likeness (QED) is 0.511. The summed E-state index contributed by atoms with van der Waals surface area (Å²) in [4.78, 5) is 13.0. The highest BCUT2D eigenvalue weighted by Gasteiger charge is 2.37. The number of nitrogens with two attached hydrogens (primary N) is 1. The van der Waals surface area contributed by atoms with Crippen LogP contribution in [0.2, 0.25) is 0 Å². The molecule has 1 rings (SSSR count). The molecule has 0 aliphatic carbocycles. The Hall–Kier alpha value is -0.690. The van der Waals surface area contributed by atoms with E-state index in [1.54, 1.807) is 0 Å². The van der Waals surface area contributed by atoms with Crippen molar-refractivity contribution >= 4 is 16.1 Å². The van der Waals surface area contributed by atoms with Gasteiger partial charge in [0.15, 0.2) is 0 Å². The Balaban J connectivity index is 2.15. The lowest BCUT2D eigenvalue weighted by molar-refractivity contribution is -0.127. The number of rotatable bonds is 9. The number of unbranched alkanes of at least 4 members (excludes halogenated alkanes) is 5. The van der Waals surface area contributed by atoms with Gasteiger partial charge in [0.25, 0.3) is 0 Å². The van der Waals surface area contributed by atoms with E-state index in [-0.39, 0.29) is 18.9 Å². The van der Waals surface area contributed by atoms with Gasteiger partial charge in [-0.3, -0.25) is 4.79 Å². The topological polar surface area (TPSA) is 80.5 Å². The van der Waals surface area contributed by atoms with Crippen LogP contribution >= 0.6 is 0 Å². The zero-order valence-electron chi connectivity index (χ0n) is 11.2. The predicted octanol–water partition coefficient (Wildman–Crippen LogP) is 1.19. The summed E-state index contributed by atoms with van der Waals surface area (Å²) in [6, 6.07) is 0. The van der Waals surface area contributed by atoms with Crippen LogP contribution in [0, 0.1) is 0 Å². The summed E-state index contributed by atoms with van der Waals surface area (Å²) in [7, 11) is -4.59. The first-order valence-electron chi connectivity index (χ1n) is 6.86. The van der Waals surface area contributed by atoms with Gasteiger partial charge in [-0.1, -0.05) is 25.7 Å². The van der Waals surface area contributed by atoms with E-state index in [0.29, 0.717) is 6.54 Å². The minimum atomic E-state index is -4.59. The number of halogens is 1. The van der Waals surface area contributed by atoms with E-state index in [1.165, 1.54) is 4.90 Å². The minimum Gasteiger partial charge on any atom is -0.341 e. The number of hydrogen-bond acceptors (Lipinski definition) is 4. The first-order chi connectivity index (χ1) is 8.95. The molecule has 2 N–H and O–H groups in total. The van der Waals surface area contributed by atoms with Crippen LogP contribution in [0.15, 0.2) is 0 Å². The van der Waals surface area contributed by atoms with Crippen molar-refractivity contribution < 1.29 is 17.1 Å². The van der Waals surface area contributed by atoms with Gasteiger partial charge in [-0.15, -0.1) is 3.89 Å². The Kier molecular flexibility index (Phi) is 6.71. The molecule has 0 saturated carbocycles. The van der Waals surface area contributed by atoms with Crippen molar-refractivity contribution in [1.82, 2.24) is 4.90 Å². The number of likely N-dealkylation sites (tertiary alicyclic amines) is 1. The molecule has 1 fully saturated rings. The smallest absolute Gasteiger partial charge is 0.307 e. The summed E-state index contributed by atoms with van der Waals surface area (Å²) in [5, 5.41) is -1.16. The van der Waals surface area contributed by atoms with Crippen molar-refractivity contribution in [3.8, 4) is 0 Å². The molecule has 0 aromatic heterocycles. The maximum Gasteiger partial charge on any atom is 0.307 e. The summed E-state index contributed by atoms with van der Waals surface area (Å²) < 4.78 is 34.3. The van der Waals surface area contributed by atoms with Crippen molar-refractivity contribution in [3.05, 3.63) is 0 Å². The lowest BCUT2D eigenvalue weighted by Gasteiger charge is -2.15. The molecular weight excluding hydrogens is 271 g/mol. The number of hydrogen-bond donors (Lipinski definition) is 1. The number of nitrogens with zero attached hydrogens (tertiary/aromatic N) is 1. The molecule has 0 bridgehead atoms. The van der Waals surface area contributed by atoms with Crippen LogP contribution in [-0.2, 0) is 15.0 Å². The van der Waals surface area contributed by atoms with E-state index in [1.807, 2.05) is 0 Å². The van der Waals surface area contributed by atoms with Crippen LogP contribution in [0.4, 0.5) is 3.89 Å². The molecule has 0 spiro atoms. The van der Waals surface area contributed by atoms with Crippen LogP contribution in [-0.4, -0.2) is 44.1 Å². The molecule has 1 aliphatic heterocycles. The highest BCUT2D eigenvalue weighted by molar-refractivity contribution is 7.87. The second-order valence-corrected chi connectivity index (χ2v) is 6.67. The van der Waals surface area contributed by atoms with E-state index in [9.17, 15) is 17.1 Å². The molecule has 1 unspecified atom stereocenters. The fourth-order valence-corrected chi connectivity index (χ4v) is 2.99. The Morgan fingerprint density at radius 3 is 2.26 bits per heavy atom. The average Bonchev–Trinajstić information content (AvgIpc) is 2.70. The molecule has 1 atom stereocenters. The fraction of sp³-hybridized carbons (Fsp3) is 0.917. The highest BCUT2D eigenvalue weighted by atomic mass is 32.3. The van der Waals surface area contributed by atoms with Gasteiger partial charge < -0.3 is 10.6 Å². The van der Waals surface area contributed by atoms with Crippen LogP contribution in [0.5, 0.6) is 0 Å². The summed E-state index contributed by atoms with van der Waals surface area (Å²) in [6.07, 6.45) is 6.02. The molecular formula is C12H23FN2O3S. The zero-order chi connectivity index (χ0) is 14.3. The largest absolute Gasteiger partial charge is 0.341 e. The van der Waals surface area contributed by atoms with Gasteiger partial charge in [-0.05, 0) is 19.4 Å². The molecule has 7 heteroatoms. The number of carbonyl (C=O) groups excluding carboxylic acids is 1. The second kappa shape index (κ2) is 7.79. The SMILES string of the molecule is NCCCCCCCCN1CC(S(=O)(=O)F)CC1=O. The average molecular weight is 294 g/mol. The molecule has 0 aromatic carbocycles. The van der Waals surface area contributed by atoms with Crippen LogP contribution in [0.25, 0.3) is 0 Å². The van der Waals surface area contributed by atoms with Gasteiger partial charge in [0.05, 0.1) is 0 Å². The number of carbonyl (C=O) groups is 1. The Bertz CT molecular complexity index is 386. The van der Waals surface area contributed by atoms with E-state index >= 15 is 0 Å². The monoisotopic (exact) mass is 294 g/mol. The molecule has 1 aliphatic rings. The lowest BCUT2D eigenvalue weighted by atomic mass is 10.1. The highest BCUT2D eigenvalue weighted by Crippen LogP contribution is 2.20. The van der Waals surface area contributed by atoms with Crippen LogP contribution < -0.4 is 5.73 Å². The first-order valence-corrected chi connectivity index (χ1v) is 8.31. The minimum absolute atomic E-state index is 0.00480. The molecule has 1 amide bonds. The standard InChI is InChI=1S/C12H23FN2O3S/c13-19(17,18)11-9-12(16)15(10-11)8-6-4-2-1-3-5-7-14/h11H,1-10,14H2. The molecule has 5 nitrogen and oxygen atoms in total. The van der Waals surface area contributed by atoms with Gasteiger partial charge in [0, 0.05) is 19.5 Å². The first kappa shape index (κ1) is 16.4. The van der Waals surface area contributed by atoms with E-state index in [4.69, 9.17) is 5.73 Å². The number of amides is 1. The Morgan fingerprint density at radius 2 is 1.74 bits per heavy atom. The van der Waals surface area contributed by atoms with Crippen LogP contribution in [0.1, 0.15) is 44.9 Å². The fourth-order valence-electron chi connectivity index (χ4n) is 2.29. The zero-order valence-corrected chi connectivity index (χ0v) is 12.0. The molecule has 1 saturated heterocycles. The van der Waals surface area contributed by atoms with Crippen LogP contribution in [0.3, 0.4) is 0 Å². The third kappa shape index (κ3) is 5.86. The van der Waals surface area contributed by atoms with E-state index < -0.39 is 15.5 Å². The van der Waals surface area contributed by atoms with Crippen molar-refractivity contribution in [2.45, 2.75) is 50.2 Å². The van der Waals surface area contributed by atoms with E-state index in [0.717, 1.165) is 45.1 Å². The molecule has 0 aromatic rings. The predicted molar refractivity (Wildman–Crippen MR) is 71.8 cm³/mol. The van der Waals surface area contributed by atoms with Gasteiger partial charge in [0.2, 0.25) is 5.91 Å². The maximum absolute atomic E-state index is 12.8. The third-order valence-corrected chi connectivity index (χ3v) is 4.57. The van der Waals surface area contributed by atoms with Crippen molar-refractivity contribution in [2.75, 3.05) is 19.6 Å². The molecule has 1 heterocycles. The molecule has 112 valence electrons. The van der Waals surface area contributed by atoms with Gasteiger partial charge >= 0.3 is 10.2 Å². The van der Waals surface area contributed by atoms with Crippen molar-refractivity contribution in [1.29, 1.82) is 0 Å². The summed E-state index contributed by atoms with van der Waals surface area (Å²) in [5.41, 5.74) is 5.39. The van der Waals surface area contributed by atoms with Gasteiger partial charge in [-0.2, -0.15) is 8.42 Å². The Morgan fingerprint density at radius 1 is 1.16 bits per heavy atom. The molecule has 19 heavy (non-hydrogen) atoms. The summed E-state index contributed by atoms with van der Waals surface area (Å²) >= 11 is 0. The molecule has 0 radical (unpaired) electrons. The third-order valence-electron chi connectivity index (χ3n) is 3.46.